The Morgan fingerprint density at radius 2 is 1.56 bits per heavy atom. The lowest BCUT2D eigenvalue weighted by atomic mass is 10.1. The number of nitrogens with zero attached hydrogens (tertiary/aromatic N) is 2. The predicted octanol–water partition coefficient (Wildman–Crippen LogP) is 2.70. The van der Waals surface area contributed by atoms with Crippen LogP contribution in [0.1, 0.15) is 21.5 Å². The van der Waals surface area contributed by atoms with Crippen LogP contribution in [0.2, 0.25) is 0 Å². The molecule has 6 nitrogen and oxygen atoms in total. The number of benzene rings is 2. The second-order valence-corrected chi connectivity index (χ2v) is 6.97. The van der Waals surface area contributed by atoms with E-state index in [9.17, 15) is 9.59 Å². The number of nitrogens with one attached hydrogen (secondary N) is 2. The van der Waals surface area contributed by atoms with Crippen molar-refractivity contribution in [2.24, 2.45) is 0 Å². The highest BCUT2D eigenvalue weighted by molar-refractivity contribution is 5.94. The fourth-order valence-electron chi connectivity index (χ4n) is 2.95. The van der Waals surface area contributed by atoms with Gasteiger partial charge in [-0.15, -0.1) is 0 Å². The Morgan fingerprint density at radius 1 is 0.926 bits per heavy atom. The monoisotopic (exact) mass is 366 g/mol. The number of hydrogen-bond acceptors (Lipinski definition) is 3. The number of piperazine rings is 1. The molecule has 2 N–H and O–H groups in total. The van der Waals surface area contributed by atoms with Crippen molar-refractivity contribution in [3.05, 3.63) is 65.2 Å². The van der Waals surface area contributed by atoms with Crippen LogP contribution < -0.4 is 10.6 Å². The van der Waals surface area contributed by atoms with E-state index in [1.54, 1.807) is 0 Å². The number of amides is 3. The molecule has 0 atom stereocenters. The van der Waals surface area contributed by atoms with Gasteiger partial charge in [0.1, 0.15) is 0 Å². The normalized spacial score (nSPS) is 14.7. The van der Waals surface area contributed by atoms with Crippen LogP contribution in [-0.4, -0.2) is 55.0 Å². The van der Waals surface area contributed by atoms with Gasteiger partial charge in [0.2, 0.25) is 0 Å². The molecule has 1 aliphatic rings. The van der Waals surface area contributed by atoms with E-state index in [2.05, 4.69) is 22.6 Å². The van der Waals surface area contributed by atoms with Crippen molar-refractivity contribution in [1.29, 1.82) is 0 Å². The molecule has 2 aromatic rings. The highest BCUT2D eigenvalue weighted by Gasteiger charge is 2.20. The molecule has 27 heavy (non-hydrogen) atoms. The van der Waals surface area contributed by atoms with Crippen molar-refractivity contribution in [3.8, 4) is 0 Å². The summed E-state index contributed by atoms with van der Waals surface area (Å²) in [5.41, 5.74) is 3.54. The Bertz CT molecular complexity index is 779. The minimum absolute atomic E-state index is 0.0692. The molecule has 1 aliphatic heterocycles. The van der Waals surface area contributed by atoms with Crippen molar-refractivity contribution < 1.29 is 9.59 Å². The Labute approximate surface area is 160 Å². The second-order valence-electron chi connectivity index (χ2n) is 6.97. The molecule has 0 radical (unpaired) electrons. The summed E-state index contributed by atoms with van der Waals surface area (Å²) in [6.45, 7) is 5.74. The van der Waals surface area contributed by atoms with E-state index in [0.29, 0.717) is 12.1 Å². The van der Waals surface area contributed by atoms with Gasteiger partial charge in [-0.05, 0) is 43.8 Å². The molecule has 0 aromatic heterocycles. The third-order valence-electron chi connectivity index (χ3n) is 4.75. The predicted molar refractivity (Wildman–Crippen MR) is 107 cm³/mol. The zero-order valence-corrected chi connectivity index (χ0v) is 15.9. The molecule has 1 heterocycles. The van der Waals surface area contributed by atoms with Crippen molar-refractivity contribution in [3.63, 3.8) is 0 Å². The first-order chi connectivity index (χ1) is 13.0. The molecule has 1 fully saturated rings. The van der Waals surface area contributed by atoms with E-state index < -0.39 is 0 Å². The zero-order valence-electron chi connectivity index (χ0n) is 15.9. The van der Waals surface area contributed by atoms with Crippen LogP contribution in [-0.2, 0) is 6.54 Å². The van der Waals surface area contributed by atoms with Gasteiger partial charge in [0.15, 0.2) is 0 Å². The highest BCUT2D eigenvalue weighted by Crippen LogP contribution is 2.11. The summed E-state index contributed by atoms with van der Waals surface area (Å²) in [5, 5.41) is 5.63. The molecule has 0 aliphatic carbocycles. The van der Waals surface area contributed by atoms with Crippen LogP contribution in [0.3, 0.4) is 0 Å². The largest absolute Gasteiger partial charge is 0.336 e. The Morgan fingerprint density at radius 3 is 2.19 bits per heavy atom. The van der Waals surface area contributed by atoms with Gasteiger partial charge in [0, 0.05) is 44.0 Å². The van der Waals surface area contributed by atoms with Gasteiger partial charge in [-0.25, -0.2) is 4.79 Å². The first-order valence-corrected chi connectivity index (χ1v) is 9.19. The lowest BCUT2D eigenvalue weighted by Crippen LogP contribution is -2.47. The van der Waals surface area contributed by atoms with Crippen LogP contribution in [0, 0.1) is 6.92 Å². The third kappa shape index (κ3) is 5.31. The van der Waals surface area contributed by atoms with E-state index in [4.69, 9.17) is 0 Å². The summed E-state index contributed by atoms with van der Waals surface area (Å²) in [7, 11) is 2.07. The Kier molecular flexibility index (Phi) is 6.08. The Balaban J connectivity index is 1.49. The molecule has 6 heteroatoms. The number of carbonyl (C=O) groups is 2. The number of likely N-dealkylation sites (N-methyl/N-ethyl adjacent to an activating group) is 1. The maximum absolute atomic E-state index is 12.5. The van der Waals surface area contributed by atoms with Crippen LogP contribution in [0.15, 0.2) is 48.5 Å². The number of aryl methyl sites for hydroxylation is 1. The van der Waals surface area contributed by atoms with Crippen molar-refractivity contribution in [2.45, 2.75) is 13.5 Å². The molecular weight excluding hydrogens is 340 g/mol. The van der Waals surface area contributed by atoms with Crippen LogP contribution in [0.4, 0.5) is 10.5 Å². The number of hydrogen-bond donors (Lipinski definition) is 2. The first kappa shape index (κ1) is 18.9. The number of anilines is 1. The van der Waals surface area contributed by atoms with Gasteiger partial charge >= 0.3 is 6.03 Å². The van der Waals surface area contributed by atoms with E-state index in [1.807, 2.05) is 60.4 Å². The third-order valence-corrected chi connectivity index (χ3v) is 4.75. The SMILES string of the molecule is Cc1ccc(NC(=O)NCc2ccc(C(=O)N3CCN(C)CC3)cc2)cc1. The minimum Gasteiger partial charge on any atom is -0.336 e. The van der Waals surface area contributed by atoms with Gasteiger partial charge in [-0.1, -0.05) is 29.8 Å². The van der Waals surface area contributed by atoms with Gasteiger partial charge in [0.25, 0.3) is 5.91 Å². The average molecular weight is 366 g/mol. The molecule has 3 amide bonds. The van der Waals surface area contributed by atoms with Crippen LogP contribution in [0.25, 0.3) is 0 Å². The van der Waals surface area contributed by atoms with E-state index in [-0.39, 0.29) is 11.9 Å². The van der Waals surface area contributed by atoms with E-state index in [0.717, 1.165) is 43.0 Å². The van der Waals surface area contributed by atoms with E-state index in [1.165, 1.54) is 0 Å². The fraction of sp³-hybridized carbons (Fsp3) is 0.333. The standard InChI is InChI=1S/C21H26N4O2/c1-16-3-9-19(10-4-16)23-21(27)22-15-17-5-7-18(8-6-17)20(26)25-13-11-24(2)12-14-25/h3-10H,11-15H2,1-2H3,(H2,22,23,27). The second kappa shape index (κ2) is 8.68. The van der Waals surface area contributed by atoms with Gasteiger partial charge < -0.3 is 20.4 Å². The van der Waals surface area contributed by atoms with Crippen LogP contribution in [0.5, 0.6) is 0 Å². The van der Waals surface area contributed by atoms with Gasteiger partial charge in [-0.2, -0.15) is 0 Å². The quantitative estimate of drug-likeness (QED) is 0.874. The molecule has 0 spiro atoms. The smallest absolute Gasteiger partial charge is 0.319 e. The van der Waals surface area contributed by atoms with Crippen LogP contribution >= 0.6 is 0 Å². The molecule has 0 unspecified atom stereocenters. The maximum Gasteiger partial charge on any atom is 0.319 e. The van der Waals surface area contributed by atoms with Gasteiger partial charge in [-0.3, -0.25) is 4.79 Å². The summed E-state index contributed by atoms with van der Waals surface area (Å²) in [5.74, 6) is 0.0692. The van der Waals surface area contributed by atoms with Crippen molar-refractivity contribution in [2.75, 3.05) is 38.5 Å². The lowest BCUT2D eigenvalue weighted by Gasteiger charge is -2.32. The number of carbonyl (C=O) groups excluding carboxylic acids is 2. The van der Waals surface area contributed by atoms with Crippen molar-refractivity contribution >= 4 is 17.6 Å². The highest BCUT2D eigenvalue weighted by atomic mass is 16.2. The molecule has 0 saturated carbocycles. The average Bonchev–Trinajstić information content (AvgIpc) is 2.69. The minimum atomic E-state index is -0.253. The maximum atomic E-state index is 12.5. The first-order valence-electron chi connectivity index (χ1n) is 9.19. The van der Waals surface area contributed by atoms with Gasteiger partial charge in [0.05, 0.1) is 0 Å². The Hall–Kier alpha value is -2.86. The number of rotatable bonds is 4. The molecule has 142 valence electrons. The summed E-state index contributed by atoms with van der Waals surface area (Å²) < 4.78 is 0. The summed E-state index contributed by atoms with van der Waals surface area (Å²) in [4.78, 5) is 28.6. The van der Waals surface area contributed by atoms with E-state index >= 15 is 0 Å². The summed E-state index contributed by atoms with van der Waals surface area (Å²) >= 11 is 0. The molecule has 1 saturated heterocycles. The molecule has 0 bridgehead atoms. The number of urea groups is 1. The van der Waals surface area contributed by atoms with Crippen molar-refractivity contribution in [1.82, 2.24) is 15.1 Å². The topological polar surface area (TPSA) is 64.7 Å². The summed E-state index contributed by atoms with van der Waals surface area (Å²) in [6, 6.07) is 14.8. The fourth-order valence-corrected chi connectivity index (χ4v) is 2.95. The zero-order chi connectivity index (χ0) is 19.2. The molecule has 3 rings (SSSR count). The molecule has 2 aromatic carbocycles. The lowest BCUT2D eigenvalue weighted by molar-refractivity contribution is 0.0664. The molecular formula is C21H26N4O2. The summed E-state index contributed by atoms with van der Waals surface area (Å²) in [6.07, 6.45) is 0.